The molecule has 54 heavy (non-hydrogen) atoms. The first-order valence-corrected chi connectivity index (χ1v) is 19.6. The third kappa shape index (κ3) is 12.5. The Bertz CT molecular complexity index is 1340. The Morgan fingerprint density at radius 2 is 1.50 bits per heavy atom. The van der Waals surface area contributed by atoms with Crippen molar-refractivity contribution in [2.75, 3.05) is 42.0 Å². The molecule has 1 heterocycles. The van der Waals surface area contributed by atoms with Gasteiger partial charge in [0.15, 0.2) is 0 Å². The average Bonchev–Trinajstić information content (AvgIpc) is 3.16. The van der Waals surface area contributed by atoms with Crippen LogP contribution in [0.2, 0.25) is 0 Å². The lowest BCUT2D eigenvalue weighted by atomic mass is 9.87. The largest absolute Gasteiger partial charge is 0.467 e. The number of hydrogen-bond acceptors (Lipinski definition) is 9. The number of likely N-dealkylation sites (tertiary alicyclic amines) is 1. The summed E-state index contributed by atoms with van der Waals surface area (Å²) >= 11 is 0. The monoisotopic (exact) mass is 760 g/mol. The minimum Gasteiger partial charge on any atom is -0.467 e. The Labute approximate surface area is 324 Å². The molecule has 13 nitrogen and oxygen atoms in total. The van der Waals surface area contributed by atoms with Crippen molar-refractivity contribution in [1.29, 1.82) is 0 Å². The van der Waals surface area contributed by atoms with Crippen LogP contribution >= 0.6 is 0 Å². The molecule has 0 radical (unpaired) electrons. The lowest BCUT2D eigenvalue weighted by Crippen LogP contribution is -2.60. The van der Waals surface area contributed by atoms with E-state index in [4.69, 9.17) is 14.2 Å². The topological polar surface area (TPSA) is 156 Å². The molecule has 0 aliphatic carbocycles. The predicted molar refractivity (Wildman–Crippen MR) is 209 cm³/mol. The molecule has 1 aliphatic rings. The van der Waals surface area contributed by atoms with E-state index in [0.717, 1.165) is 24.8 Å². The first kappa shape index (κ1) is 46.6. The van der Waals surface area contributed by atoms with E-state index < -0.39 is 54.3 Å². The summed E-state index contributed by atoms with van der Waals surface area (Å²) in [7, 11) is 7.83. The highest BCUT2D eigenvalue weighted by Crippen LogP contribution is 2.29. The highest BCUT2D eigenvalue weighted by Gasteiger charge is 2.42. The lowest BCUT2D eigenvalue weighted by Gasteiger charge is -2.43. The van der Waals surface area contributed by atoms with Gasteiger partial charge in [0.1, 0.15) is 12.1 Å². The number of esters is 1. The van der Waals surface area contributed by atoms with Gasteiger partial charge in [0.25, 0.3) is 0 Å². The Hall–Kier alpha value is -3.55. The van der Waals surface area contributed by atoms with Gasteiger partial charge < -0.3 is 40.0 Å². The summed E-state index contributed by atoms with van der Waals surface area (Å²) in [6.45, 7) is 14.0. The van der Waals surface area contributed by atoms with Crippen molar-refractivity contribution in [3.8, 4) is 0 Å². The summed E-state index contributed by atoms with van der Waals surface area (Å²) in [5.74, 6) is -2.47. The van der Waals surface area contributed by atoms with E-state index in [-0.39, 0.29) is 54.2 Å². The number of rotatable bonds is 21. The first-order chi connectivity index (χ1) is 25.6. The van der Waals surface area contributed by atoms with Crippen LogP contribution in [0.4, 0.5) is 0 Å². The normalized spacial score (nSPS) is 19.1. The van der Waals surface area contributed by atoms with Gasteiger partial charge in [-0.2, -0.15) is 0 Å². The average molecular weight is 760 g/mol. The molecule has 9 atom stereocenters. The first-order valence-electron chi connectivity index (χ1n) is 19.6. The fourth-order valence-corrected chi connectivity index (χ4v) is 7.70. The Morgan fingerprint density at radius 3 is 2.02 bits per heavy atom. The highest BCUT2D eigenvalue weighted by atomic mass is 16.5. The number of nitrogens with zero attached hydrogens (tertiary/aromatic N) is 2. The second-order valence-electron chi connectivity index (χ2n) is 15.5. The van der Waals surface area contributed by atoms with E-state index in [0.29, 0.717) is 13.0 Å². The smallest absolute Gasteiger partial charge is 0.328 e. The molecular weight excluding hydrogens is 690 g/mol. The van der Waals surface area contributed by atoms with E-state index >= 15 is 0 Å². The summed E-state index contributed by atoms with van der Waals surface area (Å²) in [6, 6.07) is 6.41. The Kier molecular flexibility index (Phi) is 19.6. The second kappa shape index (κ2) is 22.7. The maximum Gasteiger partial charge on any atom is 0.328 e. The van der Waals surface area contributed by atoms with Crippen LogP contribution in [-0.4, -0.2) is 124 Å². The minimum absolute atomic E-state index is 0.00596. The summed E-state index contributed by atoms with van der Waals surface area (Å²) in [6.07, 6.45) is 2.00. The molecule has 0 bridgehead atoms. The summed E-state index contributed by atoms with van der Waals surface area (Å²) < 4.78 is 17.0. The molecule has 2 rings (SSSR count). The van der Waals surface area contributed by atoms with Gasteiger partial charge in [-0.05, 0) is 49.6 Å². The number of methoxy groups -OCH3 is 3. The molecule has 1 unspecified atom stereocenters. The summed E-state index contributed by atoms with van der Waals surface area (Å²) in [5.41, 5.74) is 0.877. The summed E-state index contributed by atoms with van der Waals surface area (Å²) in [4.78, 5) is 71.6. The van der Waals surface area contributed by atoms with E-state index in [1.54, 1.807) is 37.9 Å². The van der Waals surface area contributed by atoms with Crippen LogP contribution in [0.3, 0.4) is 0 Å². The van der Waals surface area contributed by atoms with Crippen LogP contribution in [0, 0.1) is 23.7 Å². The van der Waals surface area contributed by atoms with Crippen molar-refractivity contribution in [3.63, 3.8) is 0 Å². The fraction of sp³-hybridized carbons (Fsp3) is 0.732. The molecule has 0 spiro atoms. The van der Waals surface area contributed by atoms with Crippen LogP contribution in [0.25, 0.3) is 0 Å². The number of nitrogens with one attached hydrogen (secondary N) is 3. The van der Waals surface area contributed by atoms with Crippen molar-refractivity contribution in [3.05, 3.63) is 35.9 Å². The van der Waals surface area contributed by atoms with Gasteiger partial charge in [-0.1, -0.05) is 85.2 Å². The third-order valence-electron chi connectivity index (χ3n) is 11.1. The van der Waals surface area contributed by atoms with Crippen LogP contribution in [0.15, 0.2) is 30.3 Å². The van der Waals surface area contributed by atoms with Gasteiger partial charge in [-0.15, -0.1) is 0 Å². The van der Waals surface area contributed by atoms with Gasteiger partial charge in [-0.3, -0.25) is 19.2 Å². The van der Waals surface area contributed by atoms with E-state index in [1.165, 1.54) is 14.2 Å². The maximum absolute atomic E-state index is 14.3. The van der Waals surface area contributed by atoms with Crippen LogP contribution in [0.5, 0.6) is 0 Å². The van der Waals surface area contributed by atoms with Crippen molar-refractivity contribution in [1.82, 2.24) is 25.8 Å². The van der Waals surface area contributed by atoms with E-state index in [1.807, 2.05) is 71.9 Å². The van der Waals surface area contributed by atoms with Gasteiger partial charge in [0.05, 0.1) is 49.8 Å². The minimum atomic E-state index is -0.892. The zero-order valence-electron chi connectivity index (χ0n) is 34.8. The number of piperidine rings is 1. The van der Waals surface area contributed by atoms with Crippen molar-refractivity contribution in [2.45, 2.75) is 129 Å². The van der Waals surface area contributed by atoms with Crippen molar-refractivity contribution in [2.24, 2.45) is 23.7 Å². The van der Waals surface area contributed by atoms with Crippen LogP contribution < -0.4 is 16.0 Å². The molecule has 13 heteroatoms. The van der Waals surface area contributed by atoms with Gasteiger partial charge in [-0.25, -0.2) is 4.79 Å². The number of carbonyl (C=O) groups is 5. The quantitative estimate of drug-likeness (QED) is 0.160. The molecule has 1 saturated heterocycles. The number of ether oxygens (including phenoxy) is 3. The van der Waals surface area contributed by atoms with Crippen molar-refractivity contribution >= 4 is 29.6 Å². The standard InChI is InChI=1S/C41H69N5O8/c1-13-27(6)36(45(9)40(50)35(26(4)5)44-39(49)34(42-8)25(2)3)32(52-10)24-33(47)46-22-18-17-21-31(46)37(53-11)28(7)38(48)43-30(41(51)54-12)23-29-19-15-14-16-20-29/h14-16,19-20,25-28,30-32,34-37,42H,13,17-18,21-24H2,1-12H3,(H,43,48)(H,44,49)/t27?,28-,30+,31+,32-,34+,35+,36+,37-/m1/s1. The second-order valence-corrected chi connectivity index (χ2v) is 15.5. The molecule has 1 aromatic carbocycles. The Balaban J connectivity index is 2.32. The number of carbonyl (C=O) groups excluding carboxylic acids is 5. The Morgan fingerprint density at radius 1 is 0.870 bits per heavy atom. The number of benzene rings is 1. The van der Waals surface area contributed by atoms with Crippen LogP contribution in [-0.2, 0) is 44.6 Å². The van der Waals surface area contributed by atoms with Crippen molar-refractivity contribution < 1.29 is 38.2 Å². The molecule has 1 aliphatic heterocycles. The molecule has 0 aromatic heterocycles. The lowest BCUT2D eigenvalue weighted by molar-refractivity contribution is -0.151. The van der Waals surface area contributed by atoms with E-state index in [2.05, 4.69) is 16.0 Å². The molecule has 1 fully saturated rings. The van der Waals surface area contributed by atoms with E-state index in [9.17, 15) is 24.0 Å². The number of amides is 4. The zero-order chi connectivity index (χ0) is 40.7. The fourth-order valence-electron chi connectivity index (χ4n) is 7.70. The molecule has 306 valence electrons. The SMILES string of the molecule is CCC(C)[C@@H]([C@@H](CC(=O)N1CCCC[C@H]1[C@H](OC)[C@@H](C)C(=O)N[C@@H](Cc1ccccc1)C(=O)OC)OC)N(C)C(=O)[C@@H](NC(=O)[C@@H](NC)C(C)C)C(C)C. The number of likely N-dealkylation sites (N-methyl/N-ethyl adjacent to an activating group) is 2. The van der Waals surface area contributed by atoms with Gasteiger partial charge in [0, 0.05) is 34.2 Å². The predicted octanol–water partition coefficient (Wildman–Crippen LogP) is 3.58. The summed E-state index contributed by atoms with van der Waals surface area (Å²) in [5, 5.41) is 8.91. The highest BCUT2D eigenvalue weighted by molar-refractivity contribution is 5.90. The molecule has 3 N–H and O–H groups in total. The molecule has 1 aromatic rings. The molecule has 4 amide bonds. The zero-order valence-corrected chi connectivity index (χ0v) is 34.8. The van der Waals surface area contributed by atoms with Gasteiger partial charge in [0.2, 0.25) is 23.6 Å². The maximum atomic E-state index is 14.3. The molecule has 0 saturated carbocycles. The molecular formula is C41H69N5O8. The van der Waals surface area contributed by atoms with Gasteiger partial charge >= 0.3 is 5.97 Å². The number of hydrogen-bond donors (Lipinski definition) is 3. The van der Waals surface area contributed by atoms with Crippen LogP contribution in [0.1, 0.15) is 86.1 Å². The third-order valence-corrected chi connectivity index (χ3v) is 11.1.